The SMILES string of the molecule is CCC(CC)N(CC(F)(F)F)C(=O)C1CCCCC1N. The molecule has 0 aromatic heterocycles. The van der Waals surface area contributed by atoms with Crippen molar-refractivity contribution < 1.29 is 18.0 Å². The highest BCUT2D eigenvalue weighted by atomic mass is 19.4. The highest BCUT2D eigenvalue weighted by molar-refractivity contribution is 5.80. The molecule has 0 aromatic rings. The van der Waals surface area contributed by atoms with Gasteiger partial charge >= 0.3 is 6.18 Å². The average Bonchev–Trinajstić information content (AvgIpc) is 2.37. The van der Waals surface area contributed by atoms with E-state index in [0.717, 1.165) is 24.2 Å². The van der Waals surface area contributed by atoms with Crippen molar-refractivity contribution >= 4 is 5.91 Å². The lowest BCUT2D eigenvalue weighted by atomic mass is 9.83. The largest absolute Gasteiger partial charge is 0.406 e. The van der Waals surface area contributed by atoms with Crippen LogP contribution in [0.25, 0.3) is 0 Å². The fourth-order valence-corrected chi connectivity index (χ4v) is 2.99. The van der Waals surface area contributed by atoms with Gasteiger partial charge in [-0.25, -0.2) is 0 Å². The minimum Gasteiger partial charge on any atom is -0.330 e. The summed E-state index contributed by atoms with van der Waals surface area (Å²) in [5.74, 6) is -0.866. The number of rotatable bonds is 5. The van der Waals surface area contributed by atoms with Crippen LogP contribution in [0, 0.1) is 5.92 Å². The molecule has 118 valence electrons. The van der Waals surface area contributed by atoms with Crippen molar-refractivity contribution in [3.8, 4) is 0 Å². The quantitative estimate of drug-likeness (QED) is 0.847. The van der Waals surface area contributed by atoms with Gasteiger partial charge in [-0.15, -0.1) is 0 Å². The van der Waals surface area contributed by atoms with Crippen LogP contribution >= 0.6 is 0 Å². The summed E-state index contributed by atoms with van der Waals surface area (Å²) in [6.45, 7) is 2.46. The molecule has 0 aliphatic heterocycles. The average molecular weight is 294 g/mol. The maximum absolute atomic E-state index is 12.7. The molecule has 2 atom stereocenters. The molecule has 3 nitrogen and oxygen atoms in total. The van der Waals surface area contributed by atoms with Gasteiger partial charge in [0.1, 0.15) is 6.54 Å². The highest BCUT2D eigenvalue weighted by Crippen LogP contribution is 2.28. The Morgan fingerprint density at radius 1 is 1.25 bits per heavy atom. The second kappa shape index (κ2) is 7.29. The molecule has 1 rings (SSSR count). The summed E-state index contributed by atoms with van der Waals surface area (Å²) in [5.41, 5.74) is 5.94. The van der Waals surface area contributed by atoms with E-state index in [-0.39, 0.29) is 12.1 Å². The summed E-state index contributed by atoms with van der Waals surface area (Å²) < 4.78 is 38.2. The van der Waals surface area contributed by atoms with Crippen molar-refractivity contribution in [1.29, 1.82) is 0 Å². The summed E-state index contributed by atoms with van der Waals surface area (Å²) in [6, 6.07) is -0.667. The van der Waals surface area contributed by atoms with Crippen LogP contribution in [0.1, 0.15) is 52.4 Å². The van der Waals surface area contributed by atoms with Gasteiger partial charge in [-0.3, -0.25) is 4.79 Å². The second-order valence-electron chi connectivity index (χ2n) is 5.61. The fraction of sp³-hybridized carbons (Fsp3) is 0.929. The Hall–Kier alpha value is -0.780. The lowest BCUT2D eigenvalue weighted by molar-refractivity contribution is -0.169. The van der Waals surface area contributed by atoms with Crippen molar-refractivity contribution in [2.75, 3.05) is 6.54 Å². The molecule has 0 bridgehead atoms. The number of hydrogen-bond acceptors (Lipinski definition) is 2. The highest BCUT2D eigenvalue weighted by Gasteiger charge is 2.39. The van der Waals surface area contributed by atoms with E-state index < -0.39 is 24.5 Å². The maximum Gasteiger partial charge on any atom is 0.406 e. The first kappa shape index (κ1) is 17.3. The van der Waals surface area contributed by atoms with E-state index in [1.54, 1.807) is 0 Å². The molecule has 1 fully saturated rings. The van der Waals surface area contributed by atoms with Crippen molar-refractivity contribution in [1.82, 2.24) is 4.90 Å². The zero-order valence-electron chi connectivity index (χ0n) is 12.2. The van der Waals surface area contributed by atoms with Gasteiger partial charge in [0.15, 0.2) is 0 Å². The number of alkyl halides is 3. The molecular formula is C14H25F3N2O. The molecule has 0 spiro atoms. The van der Waals surface area contributed by atoms with Gasteiger partial charge < -0.3 is 10.6 Å². The minimum absolute atomic E-state index is 0.304. The minimum atomic E-state index is -4.36. The van der Waals surface area contributed by atoms with Crippen LogP contribution in [-0.2, 0) is 4.79 Å². The lowest BCUT2D eigenvalue weighted by Gasteiger charge is -2.37. The Labute approximate surface area is 118 Å². The topological polar surface area (TPSA) is 46.3 Å². The van der Waals surface area contributed by atoms with E-state index in [1.165, 1.54) is 0 Å². The third-order valence-electron chi connectivity index (χ3n) is 4.15. The van der Waals surface area contributed by atoms with Crippen molar-refractivity contribution in [3.63, 3.8) is 0 Å². The molecule has 20 heavy (non-hydrogen) atoms. The Balaban J connectivity index is 2.87. The molecule has 0 heterocycles. The predicted octanol–water partition coefficient (Wildman–Crippen LogP) is 3.08. The van der Waals surface area contributed by atoms with E-state index in [4.69, 9.17) is 5.73 Å². The molecule has 2 N–H and O–H groups in total. The van der Waals surface area contributed by atoms with Crippen LogP contribution in [0.4, 0.5) is 13.2 Å². The first-order valence-corrected chi connectivity index (χ1v) is 7.43. The first-order valence-electron chi connectivity index (χ1n) is 7.43. The summed E-state index contributed by atoms with van der Waals surface area (Å²) in [5, 5.41) is 0. The number of hydrogen-bond donors (Lipinski definition) is 1. The molecule has 1 saturated carbocycles. The van der Waals surface area contributed by atoms with Crippen LogP contribution in [0.3, 0.4) is 0 Å². The Morgan fingerprint density at radius 2 is 1.80 bits per heavy atom. The number of halogens is 3. The standard InChI is InChI=1S/C14H25F3N2O/c1-3-10(4-2)19(9-14(15,16)17)13(20)11-7-5-6-8-12(11)18/h10-12H,3-9,18H2,1-2H3. The van der Waals surface area contributed by atoms with Gasteiger partial charge in [0.25, 0.3) is 0 Å². The summed E-state index contributed by atoms with van der Waals surface area (Å²) >= 11 is 0. The molecule has 0 saturated heterocycles. The molecule has 1 amide bonds. The van der Waals surface area contributed by atoms with Gasteiger partial charge in [0.05, 0.1) is 5.92 Å². The van der Waals surface area contributed by atoms with Gasteiger partial charge in [-0.05, 0) is 25.7 Å². The Bertz CT molecular complexity index is 316. The van der Waals surface area contributed by atoms with Crippen molar-refractivity contribution in [2.24, 2.45) is 11.7 Å². The van der Waals surface area contributed by atoms with E-state index in [2.05, 4.69) is 0 Å². The Morgan fingerprint density at radius 3 is 2.25 bits per heavy atom. The summed E-state index contributed by atoms with van der Waals surface area (Å²) in [7, 11) is 0. The monoisotopic (exact) mass is 294 g/mol. The number of carbonyl (C=O) groups is 1. The first-order chi connectivity index (χ1) is 9.30. The molecule has 1 aliphatic rings. The summed E-state index contributed by atoms with van der Waals surface area (Å²) in [6.07, 6.45) is -0.159. The van der Waals surface area contributed by atoms with Gasteiger partial charge in [-0.1, -0.05) is 26.7 Å². The third kappa shape index (κ3) is 4.65. The van der Waals surface area contributed by atoms with Gasteiger partial charge in [0, 0.05) is 12.1 Å². The van der Waals surface area contributed by atoms with E-state index >= 15 is 0 Å². The smallest absolute Gasteiger partial charge is 0.330 e. The molecule has 2 unspecified atom stereocenters. The van der Waals surface area contributed by atoms with Crippen LogP contribution in [-0.4, -0.2) is 35.6 Å². The normalized spacial score (nSPS) is 23.9. The number of carbonyl (C=O) groups excluding carboxylic acids is 1. The number of nitrogens with two attached hydrogens (primary N) is 1. The van der Waals surface area contributed by atoms with E-state index in [1.807, 2.05) is 13.8 Å². The number of nitrogens with zero attached hydrogens (tertiary/aromatic N) is 1. The van der Waals surface area contributed by atoms with Gasteiger partial charge in [0.2, 0.25) is 5.91 Å². The van der Waals surface area contributed by atoms with Crippen molar-refractivity contribution in [2.45, 2.75) is 70.6 Å². The molecule has 0 radical (unpaired) electrons. The van der Waals surface area contributed by atoms with E-state index in [0.29, 0.717) is 19.3 Å². The lowest BCUT2D eigenvalue weighted by Crippen LogP contribution is -2.52. The van der Waals surface area contributed by atoms with E-state index in [9.17, 15) is 18.0 Å². The predicted molar refractivity (Wildman–Crippen MR) is 72.1 cm³/mol. The zero-order chi connectivity index (χ0) is 15.3. The van der Waals surface area contributed by atoms with Crippen molar-refractivity contribution in [3.05, 3.63) is 0 Å². The van der Waals surface area contributed by atoms with Crippen LogP contribution in [0.5, 0.6) is 0 Å². The molecule has 1 aliphatic carbocycles. The van der Waals surface area contributed by atoms with Crippen LogP contribution in [0.15, 0.2) is 0 Å². The molecule has 6 heteroatoms. The zero-order valence-corrected chi connectivity index (χ0v) is 12.2. The van der Waals surface area contributed by atoms with Crippen LogP contribution < -0.4 is 5.73 Å². The van der Waals surface area contributed by atoms with Crippen LogP contribution in [0.2, 0.25) is 0 Å². The van der Waals surface area contributed by atoms with Gasteiger partial charge in [-0.2, -0.15) is 13.2 Å². The maximum atomic E-state index is 12.7. The fourth-order valence-electron chi connectivity index (χ4n) is 2.99. The third-order valence-corrected chi connectivity index (χ3v) is 4.15. The molecular weight excluding hydrogens is 269 g/mol. The molecule has 0 aromatic carbocycles. The summed E-state index contributed by atoms with van der Waals surface area (Å²) in [4.78, 5) is 13.5. The Kier molecular flexibility index (Phi) is 6.30. The second-order valence-corrected chi connectivity index (χ2v) is 5.61. The number of amides is 1.